The molecule has 1 aromatic rings. The third-order valence-electron chi connectivity index (χ3n) is 4.05. The molecule has 1 aliphatic heterocycles. The van der Waals surface area contributed by atoms with Gasteiger partial charge in [-0.15, -0.1) is 0 Å². The van der Waals surface area contributed by atoms with Gasteiger partial charge in [0.2, 0.25) is 5.91 Å². The average Bonchev–Trinajstić information content (AvgIpc) is 2.53. The van der Waals surface area contributed by atoms with Gasteiger partial charge in [0, 0.05) is 6.61 Å². The van der Waals surface area contributed by atoms with Crippen LogP contribution in [0.5, 0.6) is 0 Å². The molecule has 1 fully saturated rings. The molecule has 3 atom stereocenters. The van der Waals surface area contributed by atoms with E-state index in [1.165, 1.54) is 0 Å². The zero-order valence-electron chi connectivity index (χ0n) is 12.8. The number of carboxylic acid groups (broad SMARTS) is 1. The lowest BCUT2D eigenvalue weighted by atomic mass is 9.94. The normalized spacial score (nSPS) is 20.9. The molecule has 2 N–H and O–H groups in total. The summed E-state index contributed by atoms with van der Waals surface area (Å²) in [6, 6.07) is 8.68. The predicted octanol–water partition coefficient (Wildman–Crippen LogP) is 2.52. The van der Waals surface area contributed by atoms with Gasteiger partial charge in [-0.05, 0) is 31.7 Å². The van der Waals surface area contributed by atoms with E-state index in [0.717, 1.165) is 24.8 Å². The summed E-state index contributed by atoms with van der Waals surface area (Å²) in [6.45, 7) is 2.31. The van der Waals surface area contributed by atoms with E-state index < -0.39 is 17.9 Å². The fraction of sp³-hybridized carbons (Fsp3) is 0.529. The van der Waals surface area contributed by atoms with Crippen LogP contribution < -0.4 is 5.32 Å². The first-order chi connectivity index (χ1) is 10.6. The van der Waals surface area contributed by atoms with Gasteiger partial charge in [0.1, 0.15) is 0 Å². The van der Waals surface area contributed by atoms with E-state index in [1.54, 1.807) is 6.92 Å². The second-order valence-electron chi connectivity index (χ2n) is 5.78. The maximum atomic E-state index is 12.2. The second-order valence-corrected chi connectivity index (χ2v) is 5.78. The van der Waals surface area contributed by atoms with Gasteiger partial charge >= 0.3 is 5.97 Å². The molecule has 0 aromatic heterocycles. The first kappa shape index (κ1) is 16.5. The molecule has 5 nitrogen and oxygen atoms in total. The van der Waals surface area contributed by atoms with Crippen LogP contribution in [0.1, 0.15) is 44.2 Å². The maximum Gasteiger partial charge on any atom is 0.308 e. The zero-order valence-corrected chi connectivity index (χ0v) is 12.8. The first-order valence-electron chi connectivity index (χ1n) is 7.76. The highest BCUT2D eigenvalue weighted by molar-refractivity contribution is 5.78. The third-order valence-corrected chi connectivity index (χ3v) is 4.05. The van der Waals surface area contributed by atoms with Crippen molar-refractivity contribution in [1.29, 1.82) is 0 Å². The van der Waals surface area contributed by atoms with Crippen molar-refractivity contribution < 1.29 is 19.4 Å². The summed E-state index contributed by atoms with van der Waals surface area (Å²) < 4.78 is 5.57. The fourth-order valence-corrected chi connectivity index (χ4v) is 2.71. The van der Waals surface area contributed by atoms with Crippen LogP contribution in [-0.4, -0.2) is 29.7 Å². The number of carboxylic acids is 1. The standard InChI is InChI=1S/C17H23NO4/c1-12(17(20)21)16(13-7-3-2-4-8-13)18-15(19)11-14-9-5-6-10-22-14/h2-4,7-8,12,14,16H,5-6,9-11H2,1H3,(H,18,19)(H,20,21). The minimum Gasteiger partial charge on any atom is -0.481 e. The summed E-state index contributed by atoms with van der Waals surface area (Å²) in [5.74, 6) is -1.78. The number of benzene rings is 1. The van der Waals surface area contributed by atoms with Gasteiger partial charge in [0.05, 0.1) is 24.5 Å². The number of rotatable bonds is 6. The van der Waals surface area contributed by atoms with Crippen LogP contribution >= 0.6 is 0 Å². The summed E-state index contributed by atoms with van der Waals surface area (Å²) >= 11 is 0. The Labute approximate surface area is 130 Å². The summed E-state index contributed by atoms with van der Waals surface area (Å²) in [4.78, 5) is 23.5. The van der Waals surface area contributed by atoms with Crippen LogP contribution in [0.4, 0.5) is 0 Å². The Hall–Kier alpha value is -1.88. The quantitative estimate of drug-likeness (QED) is 0.847. The first-order valence-corrected chi connectivity index (χ1v) is 7.76. The fourth-order valence-electron chi connectivity index (χ4n) is 2.71. The number of carbonyl (C=O) groups is 2. The van der Waals surface area contributed by atoms with Crippen molar-refractivity contribution in [3.8, 4) is 0 Å². The van der Waals surface area contributed by atoms with Gasteiger partial charge in [-0.1, -0.05) is 30.3 Å². The summed E-state index contributed by atoms with van der Waals surface area (Å²) in [7, 11) is 0. The Morgan fingerprint density at radius 2 is 2.05 bits per heavy atom. The molecule has 0 bridgehead atoms. The Kier molecular flexibility index (Phi) is 5.95. The molecule has 22 heavy (non-hydrogen) atoms. The van der Waals surface area contributed by atoms with Crippen LogP contribution in [0, 0.1) is 5.92 Å². The SMILES string of the molecule is CC(C(=O)O)C(NC(=O)CC1CCCCO1)c1ccccc1. The highest BCUT2D eigenvalue weighted by Gasteiger charge is 2.28. The lowest BCUT2D eigenvalue weighted by Crippen LogP contribution is -2.37. The van der Waals surface area contributed by atoms with E-state index >= 15 is 0 Å². The number of ether oxygens (including phenoxy) is 1. The zero-order chi connectivity index (χ0) is 15.9. The van der Waals surface area contributed by atoms with Gasteiger partial charge in [-0.25, -0.2) is 0 Å². The van der Waals surface area contributed by atoms with E-state index in [0.29, 0.717) is 6.61 Å². The number of carbonyl (C=O) groups excluding carboxylic acids is 1. The van der Waals surface area contributed by atoms with Crippen LogP contribution in [0.25, 0.3) is 0 Å². The summed E-state index contributed by atoms with van der Waals surface area (Å²) in [5.41, 5.74) is 0.801. The molecule has 0 radical (unpaired) electrons. The number of hydrogen-bond acceptors (Lipinski definition) is 3. The molecule has 1 heterocycles. The molecule has 2 rings (SSSR count). The minimum atomic E-state index is -0.928. The molecule has 5 heteroatoms. The van der Waals surface area contributed by atoms with Gasteiger partial charge in [-0.2, -0.15) is 0 Å². The van der Waals surface area contributed by atoms with Crippen LogP contribution in [0.15, 0.2) is 30.3 Å². The lowest BCUT2D eigenvalue weighted by molar-refractivity contribution is -0.142. The van der Waals surface area contributed by atoms with Crippen molar-refractivity contribution in [3.05, 3.63) is 35.9 Å². The number of aliphatic carboxylic acids is 1. The Morgan fingerprint density at radius 3 is 2.64 bits per heavy atom. The lowest BCUT2D eigenvalue weighted by Gasteiger charge is -2.26. The van der Waals surface area contributed by atoms with E-state index in [-0.39, 0.29) is 18.4 Å². The number of nitrogens with one attached hydrogen (secondary N) is 1. The number of amides is 1. The largest absolute Gasteiger partial charge is 0.481 e. The molecule has 1 aromatic carbocycles. The summed E-state index contributed by atoms with van der Waals surface area (Å²) in [5, 5.41) is 12.1. The minimum absolute atomic E-state index is 0.0506. The highest BCUT2D eigenvalue weighted by atomic mass is 16.5. The predicted molar refractivity (Wildman–Crippen MR) is 82.3 cm³/mol. The Balaban J connectivity index is 2.02. The van der Waals surface area contributed by atoms with E-state index in [2.05, 4.69) is 5.32 Å². The smallest absolute Gasteiger partial charge is 0.308 e. The van der Waals surface area contributed by atoms with Crippen molar-refractivity contribution >= 4 is 11.9 Å². The van der Waals surface area contributed by atoms with Crippen LogP contribution in [0.3, 0.4) is 0 Å². The van der Waals surface area contributed by atoms with Crippen molar-refractivity contribution in [2.75, 3.05) is 6.61 Å². The molecule has 0 saturated carbocycles. The molecular formula is C17H23NO4. The van der Waals surface area contributed by atoms with E-state index in [1.807, 2.05) is 30.3 Å². The van der Waals surface area contributed by atoms with Gasteiger partial charge in [0.25, 0.3) is 0 Å². The van der Waals surface area contributed by atoms with Crippen molar-refractivity contribution in [3.63, 3.8) is 0 Å². The molecular weight excluding hydrogens is 282 g/mol. The van der Waals surface area contributed by atoms with Gasteiger partial charge in [0.15, 0.2) is 0 Å². The topological polar surface area (TPSA) is 75.6 Å². The van der Waals surface area contributed by atoms with E-state index in [9.17, 15) is 14.7 Å². The molecule has 120 valence electrons. The second kappa shape index (κ2) is 7.94. The molecule has 1 amide bonds. The van der Waals surface area contributed by atoms with Crippen LogP contribution in [-0.2, 0) is 14.3 Å². The molecule has 0 aliphatic carbocycles. The van der Waals surface area contributed by atoms with E-state index in [4.69, 9.17) is 4.74 Å². The van der Waals surface area contributed by atoms with Crippen LogP contribution in [0.2, 0.25) is 0 Å². The van der Waals surface area contributed by atoms with Crippen molar-refractivity contribution in [2.24, 2.45) is 5.92 Å². The summed E-state index contributed by atoms with van der Waals surface area (Å²) in [6.07, 6.45) is 3.24. The number of hydrogen-bond donors (Lipinski definition) is 2. The Bertz CT molecular complexity index is 497. The highest BCUT2D eigenvalue weighted by Crippen LogP contribution is 2.23. The Morgan fingerprint density at radius 1 is 1.32 bits per heavy atom. The third kappa shape index (κ3) is 4.56. The molecule has 1 saturated heterocycles. The van der Waals surface area contributed by atoms with Crippen molar-refractivity contribution in [2.45, 2.75) is 44.8 Å². The van der Waals surface area contributed by atoms with Gasteiger partial charge in [-0.3, -0.25) is 9.59 Å². The molecule has 3 unspecified atom stereocenters. The van der Waals surface area contributed by atoms with Crippen molar-refractivity contribution in [1.82, 2.24) is 5.32 Å². The monoisotopic (exact) mass is 305 g/mol. The average molecular weight is 305 g/mol. The van der Waals surface area contributed by atoms with Gasteiger partial charge < -0.3 is 15.2 Å². The molecule has 1 aliphatic rings. The molecule has 0 spiro atoms. The maximum absolute atomic E-state index is 12.2.